The highest BCUT2D eigenvalue weighted by molar-refractivity contribution is 6.52. The molecule has 102 valence electrons. The third kappa shape index (κ3) is 2.99. The van der Waals surface area contributed by atoms with Crippen molar-refractivity contribution in [2.75, 3.05) is 0 Å². The van der Waals surface area contributed by atoms with Crippen LogP contribution in [0.1, 0.15) is 33.3 Å². The zero-order valence-corrected chi connectivity index (χ0v) is 12.2. The first kappa shape index (κ1) is 14.5. The maximum Gasteiger partial charge on any atom is 0.487 e. The van der Waals surface area contributed by atoms with Crippen molar-refractivity contribution in [1.29, 1.82) is 0 Å². The van der Waals surface area contributed by atoms with Gasteiger partial charge in [0.2, 0.25) is 5.95 Å². The van der Waals surface area contributed by atoms with Crippen molar-refractivity contribution in [3.05, 3.63) is 34.8 Å². The fraction of sp³-hybridized carbons (Fsp3) is 0.462. The standard InChI is InChI=1S/C13H16BClFNO2/c1-12(2)13(3,4)19-14(18-12)8-7-9-5-6-10(15)17-11(9)16/h5-8H,1-4H3/b8-7+. The fourth-order valence-electron chi connectivity index (χ4n) is 1.70. The fourth-order valence-corrected chi connectivity index (χ4v) is 1.83. The number of hydrogen-bond acceptors (Lipinski definition) is 3. The summed E-state index contributed by atoms with van der Waals surface area (Å²) in [6.45, 7) is 7.85. The molecule has 0 N–H and O–H groups in total. The van der Waals surface area contributed by atoms with E-state index in [0.29, 0.717) is 5.56 Å². The predicted molar refractivity (Wildman–Crippen MR) is 74.3 cm³/mol. The van der Waals surface area contributed by atoms with Gasteiger partial charge >= 0.3 is 7.12 Å². The van der Waals surface area contributed by atoms with Gasteiger partial charge in [-0.05, 0) is 39.8 Å². The molecule has 3 nitrogen and oxygen atoms in total. The molecule has 0 atom stereocenters. The highest BCUT2D eigenvalue weighted by Crippen LogP contribution is 2.37. The van der Waals surface area contributed by atoms with Crippen molar-refractivity contribution in [2.45, 2.75) is 38.9 Å². The number of aromatic nitrogens is 1. The van der Waals surface area contributed by atoms with Crippen LogP contribution in [0.5, 0.6) is 0 Å². The lowest BCUT2D eigenvalue weighted by Gasteiger charge is -2.32. The van der Waals surface area contributed by atoms with Crippen LogP contribution in [-0.2, 0) is 9.31 Å². The first-order valence-electron chi connectivity index (χ1n) is 6.07. The Balaban J connectivity index is 2.13. The van der Waals surface area contributed by atoms with Crippen LogP contribution in [0.25, 0.3) is 6.08 Å². The molecule has 1 saturated heterocycles. The quantitative estimate of drug-likeness (QED) is 0.615. The summed E-state index contributed by atoms with van der Waals surface area (Å²) in [7, 11) is -0.500. The van der Waals surface area contributed by atoms with Crippen LogP contribution in [0.15, 0.2) is 18.1 Å². The monoisotopic (exact) mass is 283 g/mol. The summed E-state index contributed by atoms with van der Waals surface area (Å²) in [5.74, 6) is 1.06. The number of halogens is 2. The van der Waals surface area contributed by atoms with E-state index in [4.69, 9.17) is 20.9 Å². The average Bonchev–Trinajstić information content (AvgIpc) is 2.46. The molecule has 6 heteroatoms. The molecule has 2 heterocycles. The van der Waals surface area contributed by atoms with E-state index in [1.807, 2.05) is 27.7 Å². The van der Waals surface area contributed by atoms with E-state index in [-0.39, 0.29) is 5.15 Å². The van der Waals surface area contributed by atoms with E-state index in [1.165, 1.54) is 6.07 Å². The number of hydrogen-bond donors (Lipinski definition) is 0. The summed E-state index contributed by atoms with van der Waals surface area (Å²) < 4.78 is 25.0. The largest absolute Gasteiger partial charge is 0.487 e. The lowest BCUT2D eigenvalue weighted by Crippen LogP contribution is -2.41. The van der Waals surface area contributed by atoms with E-state index in [2.05, 4.69) is 4.98 Å². The zero-order chi connectivity index (χ0) is 14.3. The Morgan fingerprint density at radius 3 is 2.32 bits per heavy atom. The molecule has 0 amide bonds. The molecule has 0 saturated carbocycles. The molecule has 1 aromatic rings. The lowest BCUT2D eigenvalue weighted by atomic mass is 9.89. The lowest BCUT2D eigenvalue weighted by molar-refractivity contribution is 0.00578. The Bertz CT molecular complexity index is 503. The summed E-state index contributed by atoms with van der Waals surface area (Å²) in [4.78, 5) is 3.54. The molecule has 19 heavy (non-hydrogen) atoms. The zero-order valence-electron chi connectivity index (χ0n) is 11.4. The van der Waals surface area contributed by atoms with Gasteiger partial charge in [-0.3, -0.25) is 0 Å². The van der Waals surface area contributed by atoms with E-state index < -0.39 is 24.3 Å². The van der Waals surface area contributed by atoms with Crippen molar-refractivity contribution < 1.29 is 13.7 Å². The third-order valence-electron chi connectivity index (χ3n) is 3.55. The Hall–Kier alpha value is -0.905. The average molecular weight is 284 g/mol. The van der Waals surface area contributed by atoms with Gasteiger partial charge in [0.25, 0.3) is 0 Å². The number of nitrogens with zero attached hydrogens (tertiary/aromatic N) is 1. The molecule has 1 aliphatic heterocycles. The molecule has 0 aliphatic carbocycles. The molecule has 0 bridgehead atoms. The summed E-state index contributed by atoms with van der Waals surface area (Å²) in [6, 6.07) is 3.10. The van der Waals surface area contributed by atoms with Crippen LogP contribution in [0, 0.1) is 5.95 Å². The van der Waals surface area contributed by atoms with Crippen LogP contribution in [0.4, 0.5) is 4.39 Å². The molecule has 2 rings (SSSR count). The van der Waals surface area contributed by atoms with Gasteiger partial charge in [0.15, 0.2) is 0 Å². The minimum atomic E-state index is -0.611. The molecule has 0 aromatic carbocycles. The van der Waals surface area contributed by atoms with Crippen LogP contribution < -0.4 is 0 Å². The minimum Gasteiger partial charge on any atom is -0.400 e. The van der Waals surface area contributed by atoms with Crippen LogP contribution in [0.3, 0.4) is 0 Å². The molecule has 0 radical (unpaired) electrons. The van der Waals surface area contributed by atoms with Gasteiger partial charge < -0.3 is 9.31 Å². The number of pyridine rings is 1. The van der Waals surface area contributed by atoms with E-state index >= 15 is 0 Å². The molecule has 1 aliphatic rings. The Labute approximate surface area is 117 Å². The topological polar surface area (TPSA) is 31.4 Å². The van der Waals surface area contributed by atoms with Gasteiger partial charge in [0.05, 0.1) is 11.2 Å². The van der Waals surface area contributed by atoms with Crippen molar-refractivity contribution >= 4 is 24.8 Å². The van der Waals surface area contributed by atoms with Gasteiger partial charge in [-0.1, -0.05) is 23.7 Å². The Kier molecular flexibility index (Phi) is 3.73. The summed E-state index contributed by atoms with van der Waals surface area (Å²) in [5, 5.41) is 0.130. The summed E-state index contributed by atoms with van der Waals surface area (Å²) >= 11 is 5.59. The first-order valence-corrected chi connectivity index (χ1v) is 6.45. The van der Waals surface area contributed by atoms with Gasteiger partial charge in [-0.15, -0.1) is 0 Å². The van der Waals surface area contributed by atoms with E-state index in [9.17, 15) is 4.39 Å². The highest BCUT2D eigenvalue weighted by Gasteiger charge is 2.49. The van der Waals surface area contributed by atoms with Crippen molar-refractivity contribution in [2.24, 2.45) is 0 Å². The second kappa shape index (κ2) is 4.89. The maximum absolute atomic E-state index is 13.5. The van der Waals surface area contributed by atoms with Crippen molar-refractivity contribution in [1.82, 2.24) is 4.98 Å². The number of rotatable bonds is 2. The molecular formula is C13H16BClFNO2. The summed E-state index contributed by atoms with van der Waals surface area (Å²) in [5.41, 5.74) is -0.462. The highest BCUT2D eigenvalue weighted by atomic mass is 35.5. The minimum absolute atomic E-state index is 0.130. The Morgan fingerprint density at radius 1 is 1.21 bits per heavy atom. The second-order valence-corrected chi connectivity index (χ2v) is 5.89. The molecule has 0 unspecified atom stereocenters. The predicted octanol–water partition coefficient (Wildman–Crippen LogP) is 3.52. The van der Waals surface area contributed by atoms with E-state index in [0.717, 1.165) is 0 Å². The Morgan fingerprint density at radius 2 is 1.79 bits per heavy atom. The molecular weight excluding hydrogens is 267 g/mol. The maximum atomic E-state index is 13.5. The molecule has 1 fully saturated rings. The van der Waals surface area contributed by atoms with Gasteiger partial charge in [0.1, 0.15) is 5.15 Å². The van der Waals surface area contributed by atoms with Gasteiger partial charge in [-0.2, -0.15) is 4.39 Å². The second-order valence-electron chi connectivity index (χ2n) is 5.50. The van der Waals surface area contributed by atoms with Gasteiger partial charge in [0, 0.05) is 5.56 Å². The smallest absolute Gasteiger partial charge is 0.400 e. The third-order valence-corrected chi connectivity index (χ3v) is 3.76. The van der Waals surface area contributed by atoms with Crippen LogP contribution >= 0.6 is 11.6 Å². The summed E-state index contributed by atoms with van der Waals surface area (Å²) in [6.07, 6.45) is 1.58. The van der Waals surface area contributed by atoms with Crippen LogP contribution in [-0.4, -0.2) is 23.3 Å². The van der Waals surface area contributed by atoms with E-state index in [1.54, 1.807) is 18.1 Å². The molecule has 0 spiro atoms. The van der Waals surface area contributed by atoms with Crippen molar-refractivity contribution in [3.63, 3.8) is 0 Å². The SMILES string of the molecule is CC1(C)OB(/C=C/c2ccc(Cl)nc2F)OC1(C)C. The van der Waals surface area contributed by atoms with Crippen LogP contribution in [0.2, 0.25) is 5.15 Å². The molecule has 1 aromatic heterocycles. The first-order chi connectivity index (χ1) is 8.71. The van der Waals surface area contributed by atoms with Gasteiger partial charge in [-0.25, -0.2) is 4.98 Å². The normalized spacial score (nSPS) is 21.3. The van der Waals surface area contributed by atoms with Crippen molar-refractivity contribution in [3.8, 4) is 0 Å².